The van der Waals surface area contributed by atoms with Crippen LogP contribution in [0.15, 0.2) is 24.4 Å². The molecule has 4 N–H and O–H groups in total. The Bertz CT molecular complexity index is 828. The molecule has 0 saturated carbocycles. The van der Waals surface area contributed by atoms with Gasteiger partial charge in [0.15, 0.2) is 0 Å². The normalized spacial score (nSPS) is 12.0. The fourth-order valence-corrected chi connectivity index (χ4v) is 2.78. The van der Waals surface area contributed by atoms with Crippen LogP contribution in [0.5, 0.6) is 5.75 Å². The summed E-state index contributed by atoms with van der Waals surface area (Å²) in [7, 11) is 1.57. The summed E-state index contributed by atoms with van der Waals surface area (Å²) in [6, 6.07) is 4.56. The van der Waals surface area contributed by atoms with E-state index >= 15 is 0 Å². The van der Waals surface area contributed by atoms with E-state index in [9.17, 15) is 14.4 Å². The molecular formula is C19H25N3O5. The molecule has 1 atom stereocenters. The molecule has 2 amide bonds. The molecule has 0 radical (unpaired) electrons. The summed E-state index contributed by atoms with van der Waals surface area (Å²) in [5, 5.41) is 15.0. The van der Waals surface area contributed by atoms with Crippen molar-refractivity contribution in [2.75, 3.05) is 13.7 Å². The number of fused-ring (bicyclic) bond motifs is 1. The van der Waals surface area contributed by atoms with Gasteiger partial charge in [0.1, 0.15) is 11.8 Å². The number of carbonyl (C=O) groups excluding carboxylic acids is 2. The molecule has 1 heterocycles. The highest BCUT2D eigenvalue weighted by atomic mass is 16.5. The Morgan fingerprint density at radius 3 is 2.59 bits per heavy atom. The molecule has 146 valence electrons. The minimum absolute atomic E-state index is 0.0921. The van der Waals surface area contributed by atoms with Gasteiger partial charge in [0.05, 0.1) is 20.1 Å². The minimum atomic E-state index is -1.09. The fraction of sp³-hybridized carbons (Fsp3) is 0.421. The first kappa shape index (κ1) is 20.3. The molecule has 8 heteroatoms. The fourth-order valence-electron chi connectivity index (χ4n) is 2.78. The van der Waals surface area contributed by atoms with Crippen LogP contribution in [-0.2, 0) is 20.8 Å². The lowest BCUT2D eigenvalue weighted by Crippen LogP contribution is -2.46. The molecule has 27 heavy (non-hydrogen) atoms. The summed E-state index contributed by atoms with van der Waals surface area (Å²) in [5.41, 5.74) is 1.67. The summed E-state index contributed by atoms with van der Waals surface area (Å²) < 4.78 is 5.20. The van der Waals surface area contributed by atoms with Gasteiger partial charge in [0, 0.05) is 17.1 Å². The molecule has 0 aliphatic carbocycles. The number of aromatic amines is 1. The number of aliphatic carboxylic acids is 1. The lowest BCUT2D eigenvalue weighted by atomic mass is 10.0. The highest BCUT2D eigenvalue weighted by molar-refractivity contribution is 5.92. The molecular weight excluding hydrogens is 350 g/mol. The lowest BCUT2D eigenvalue weighted by molar-refractivity contribution is -0.142. The lowest BCUT2D eigenvalue weighted by Gasteiger charge is -2.16. The van der Waals surface area contributed by atoms with Gasteiger partial charge in [-0.1, -0.05) is 13.8 Å². The van der Waals surface area contributed by atoms with Gasteiger partial charge in [-0.2, -0.15) is 0 Å². The summed E-state index contributed by atoms with van der Waals surface area (Å²) in [6.07, 6.45) is 2.16. The molecule has 0 fully saturated rings. The maximum Gasteiger partial charge on any atom is 0.326 e. The molecule has 0 saturated heterocycles. The number of H-pyrrole nitrogens is 1. The second kappa shape index (κ2) is 9.07. The van der Waals surface area contributed by atoms with E-state index in [0.717, 1.165) is 16.5 Å². The third-order valence-corrected chi connectivity index (χ3v) is 4.11. The van der Waals surface area contributed by atoms with Crippen LogP contribution in [0.3, 0.4) is 0 Å². The van der Waals surface area contributed by atoms with Crippen LogP contribution in [0.2, 0.25) is 0 Å². The number of carboxylic acids is 1. The Morgan fingerprint density at radius 1 is 1.22 bits per heavy atom. The molecule has 0 bridgehead atoms. The third kappa shape index (κ3) is 5.73. The largest absolute Gasteiger partial charge is 0.497 e. The number of aromatic nitrogens is 1. The van der Waals surface area contributed by atoms with Crippen molar-refractivity contribution in [1.29, 1.82) is 0 Å². The molecule has 0 aliphatic rings. The third-order valence-electron chi connectivity index (χ3n) is 4.11. The number of nitrogens with one attached hydrogen (secondary N) is 3. The first-order valence-corrected chi connectivity index (χ1v) is 8.73. The minimum Gasteiger partial charge on any atom is -0.497 e. The average molecular weight is 375 g/mol. The van der Waals surface area contributed by atoms with Gasteiger partial charge in [-0.05, 0) is 36.1 Å². The number of hydrogen-bond acceptors (Lipinski definition) is 4. The monoisotopic (exact) mass is 375 g/mol. The highest BCUT2D eigenvalue weighted by Crippen LogP contribution is 2.23. The van der Waals surface area contributed by atoms with Gasteiger partial charge >= 0.3 is 5.97 Å². The van der Waals surface area contributed by atoms with Gasteiger partial charge in [-0.3, -0.25) is 9.59 Å². The van der Waals surface area contributed by atoms with Crippen LogP contribution in [0, 0.1) is 5.92 Å². The van der Waals surface area contributed by atoms with E-state index in [1.54, 1.807) is 13.3 Å². The Labute approximate surface area is 157 Å². The summed E-state index contributed by atoms with van der Waals surface area (Å²) >= 11 is 0. The van der Waals surface area contributed by atoms with Crippen LogP contribution in [0.1, 0.15) is 25.8 Å². The second-order valence-corrected chi connectivity index (χ2v) is 6.77. The zero-order valence-corrected chi connectivity index (χ0v) is 15.7. The first-order chi connectivity index (χ1) is 12.8. The molecule has 2 aromatic rings. The average Bonchev–Trinajstić information content (AvgIpc) is 3.01. The predicted octanol–water partition coefficient (Wildman–Crippen LogP) is 1.45. The molecule has 0 unspecified atom stereocenters. The Morgan fingerprint density at radius 2 is 1.96 bits per heavy atom. The summed E-state index contributed by atoms with van der Waals surface area (Å²) in [6.45, 7) is 3.48. The van der Waals surface area contributed by atoms with Crippen molar-refractivity contribution in [3.05, 3.63) is 30.0 Å². The van der Waals surface area contributed by atoms with Crippen LogP contribution >= 0.6 is 0 Å². The number of ether oxygens (including phenoxy) is 1. The van der Waals surface area contributed by atoms with Crippen molar-refractivity contribution < 1.29 is 24.2 Å². The first-order valence-electron chi connectivity index (χ1n) is 8.73. The van der Waals surface area contributed by atoms with E-state index in [2.05, 4.69) is 15.6 Å². The Balaban J connectivity index is 1.90. The zero-order valence-electron chi connectivity index (χ0n) is 15.7. The second-order valence-electron chi connectivity index (χ2n) is 6.77. The smallest absolute Gasteiger partial charge is 0.326 e. The van der Waals surface area contributed by atoms with Crippen molar-refractivity contribution in [2.24, 2.45) is 5.92 Å². The molecule has 1 aromatic heterocycles. The quantitative estimate of drug-likeness (QED) is 0.529. The topological polar surface area (TPSA) is 121 Å². The zero-order chi connectivity index (χ0) is 20.0. The van der Waals surface area contributed by atoms with Crippen LogP contribution < -0.4 is 15.4 Å². The Kier molecular flexibility index (Phi) is 6.81. The van der Waals surface area contributed by atoms with E-state index in [4.69, 9.17) is 9.84 Å². The van der Waals surface area contributed by atoms with Gasteiger partial charge in [0.2, 0.25) is 11.8 Å². The summed E-state index contributed by atoms with van der Waals surface area (Å²) in [5.74, 6) is -1.13. The van der Waals surface area contributed by atoms with E-state index in [-0.39, 0.29) is 24.8 Å². The van der Waals surface area contributed by atoms with Gasteiger partial charge in [0.25, 0.3) is 0 Å². The van der Waals surface area contributed by atoms with Crippen molar-refractivity contribution in [3.63, 3.8) is 0 Å². The van der Waals surface area contributed by atoms with Gasteiger partial charge in [-0.15, -0.1) is 0 Å². The maximum atomic E-state index is 12.2. The molecule has 2 rings (SSSR count). The molecule has 0 spiro atoms. The molecule has 8 nitrogen and oxygen atoms in total. The predicted molar refractivity (Wildman–Crippen MR) is 101 cm³/mol. The van der Waals surface area contributed by atoms with Gasteiger partial charge < -0.3 is 25.5 Å². The molecule has 0 aliphatic heterocycles. The Hall–Kier alpha value is -3.03. The number of rotatable bonds is 9. The van der Waals surface area contributed by atoms with E-state index in [1.165, 1.54) is 0 Å². The number of amides is 2. The number of hydrogen-bond donors (Lipinski definition) is 4. The van der Waals surface area contributed by atoms with Crippen molar-refractivity contribution in [2.45, 2.75) is 32.7 Å². The van der Waals surface area contributed by atoms with Crippen LogP contribution in [0.25, 0.3) is 10.9 Å². The highest BCUT2D eigenvalue weighted by Gasteiger charge is 2.21. The van der Waals surface area contributed by atoms with Crippen molar-refractivity contribution in [1.82, 2.24) is 15.6 Å². The number of carbonyl (C=O) groups is 3. The van der Waals surface area contributed by atoms with E-state index in [1.807, 2.05) is 32.0 Å². The summed E-state index contributed by atoms with van der Waals surface area (Å²) in [4.78, 5) is 38.4. The SMILES string of the molecule is COc1ccc2[nH]cc(CC(=O)NCC(=O)N[C@@H](CC(C)C)C(=O)O)c2c1. The van der Waals surface area contributed by atoms with Crippen LogP contribution in [0.4, 0.5) is 0 Å². The van der Waals surface area contributed by atoms with E-state index in [0.29, 0.717) is 12.2 Å². The number of benzene rings is 1. The van der Waals surface area contributed by atoms with Gasteiger partial charge in [-0.25, -0.2) is 4.79 Å². The van der Waals surface area contributed by atoms with Crippen LogP contribution in [-0.4, -0.2) is 47.6 Å². The van der Waals surface area contributed by atoms with Crippen molar-refractivity contribution in [3.8, 4) is 5.75 Å². The molecule has 1 aromatic carbocycles. The number of methoxy groups -OCH3 is 1. The maximum absolute atomic E-state index is 12.2. The standard InChI is InChI=1S/C19H25N3O5/c1-11(2)6-16(19(25)26)22-18(24)10-21-17(23)7-12-9-20-15-5-4-13(27-3)8-14(12)15/h4-5,8-9,11,16,20H,6-7,10H2,1-3H3,(H,21,23)(H,22,24)(H,25,26)/t16-/m0/s1. The van der Waals surface area contributed by atoms with Crippen molar-refractivity contribution >= 4 is 28.7 Å². The number of carboxylic acid groups (broad SMARTS) is 1. The van der Waals surface area contributed by atoms with E-state index < -0.39 is 17.9 Å².